The first-order chi connectivity index (χ1) is 6.77. The normalized spacial score (nSPS) is 10.1. The summed E-state index contributed by atoms with van der Waals surface area (Å²) in [7, 11) is 0. The van der Waals surface area contributed by atoms with Gasteiger partial charge in [-0.05, 0) is 51.9 Å². The highest BCUT2D eigenvalue weighted by atomic mass is 127. The lowest BCUT2D eigenvalue weighted by atomic mass is 10.1. The quantitative estimate of drug-likeness (QED) is 0.796. The van der Waals surface area contributed by atoms with Crippen molar-refractivity contribution < 1.29 is 5.11 Å². The fraction of sp³-hybridized carbons (Fsp3) is 0. The second-order valence-electron chi connectivity index (χ2n) is 3.03. The third-order valence-electron chi connectivity index (χ3n) is 2.05. The molecule has 14 heavy (non-hydrogen) atoms. The van der Waals surface area contributed by atoms with Crippen LogP contribution in [0, 0.1) is 3.57 Å². The Balaban J connectivity index is 2.50. The summed E-state index contributed by atoms with van der Waals surface area (Å²) in [6, 6.07) is 15.4. The maximum atomic E-state index is 9.17. The zero-order valence-electron chi connectivity index (χ0n) is 7.44. The Labute approximate surface area is 96.5 Å². The summed E-state index contributed by atoms with van der Waals surface area (Å²) in [6.45, 7) is 0. The number of hydrogen-bond donors (Lipinski definition) is 1. The fourth-order valence-corrected chi connectivity index (χ4v) is 2.04. The number of aromatic hydroxyl groups is 1. The van der Waals surface area contributed by atoms with Gasteiger partial charge in [0, 0.05) is 3.57 Å². The molecule has 0 spiro atoms. The van der Waals surface area contributed by atoms with Gasteiger partial charge < -0.3 is 5.11 Å². The van der Waals surface area contributed by atoms with Gasteiger partial charge in [-0.15, -0.1) is 0 Å². The minimum atomic E-state index is 0.305. The Kier molecular flexibility index (Phi) is 2.72. The monoisotopic (exact) mass is 296 g/mol. The van der Waals surface area contributed by atoms with Crippen molar-refractivity contribution in [2.75, 3.05) is 0 Å². The van der Waals surface area contributed by atoms with E-state index < -0.39 is 0 Å². The van der Waals surface area contributed by atoms with E-state index in [9.17, 15) is 5.11 Å². The van der Waals surface area contributed by atoms with Gasteiger partial charge >= 0.3 is 0 Å². The molecule has 2 aromatic carbocycles. The van der Waals surface area contributed by atoms with Crippen LogP contribution >= 0.6 is 22.6 Å². The molecule has 1 N–H and O–H groups in total. The molecule has 0 aliphatic rings. The summed E-state index contributed by atoms with van der Waals surface area (Å²) in [6.07, 6.45) is 0. The van der Waals surface area contributed by atoms with Gasteiger partial charge in [-0.25, -0.2) is 0 Å². The van der Waals surface area contributed by atoms with Gasteiger partial charge in [-0.1, -0.05) is 30.3 Å². The third kappa shape index (κ3) is 1.90. The van der Waals surface area contributed by atoms with Gasteiger partial charge in [-0.2, -0.15) is 0 Å². The summed E-state index contributed by atoms with van der Waals surface area (Å²) in [5.41, 5.74) is 2.33. The van der Waals surface area contributed by atoms with Gasteiger partial charge in [0.25, 0.3) is 0 Å². The van der Waals surface area contributed by atoms with Gasteiger partial charge in [0.2, 0.25) is 0 Å². The number of phenols is 1. The Morgan fingerprint density at radius 3 is 2.14 bits per heavy atom. The number of hydrogen-bond acceptors (Lipinski definition) is 1. The molecule has 0 saturated heterocycles. The zero-order valence-corrected chi connectivity index (χ0v) is 9.60. The minimum absolute atomic E-state index is 0.305. The maximum Gasteiger partial charge on any atom is 0.115 e. The van der Waals surface area contributed by atoms with E-state index in [2.05, 4.69) is 34.7 Å². The first-order valence-corrected chi connectivity index (χ1v) is 5.39. The molecule has 0 heterocycles. The van der Waals surface area contributed by atoms with Crippen LogP contribution in [0.1, 0.15) is 0 Å². The van der Waals surface area contributed by atoms with Crippen molar-refractivity contribution in [3.05, 3.63) is 52.1 Å². The zero-order chi connectivity index (χ0) is 9.97. The van der Waals surface area contributed by atoms with Crippen LogP contribution in [-0.4, -0.2) is 5.11 Å². The summed E-state index contributed by atoms with van der Waals surface area (Å²) in [5, 5.41) is 9.17. The molecule has 0 radical (unpaired) electrons. The van der Waals surface area contributed by atoms with Crippen LogP contribution in [0.15, 0.2) is 48.5 Å². The predicted octanol–water partition coefficient (Wildman–Crippen LogP) is 3.66. The highest BCUT2D eigenvalue weighted by Gasteiger charge is 2.00. The van der Waals surface area contributed by atoms with Crippen molar-refractivity contribution in [3.8, 4) is 16.9 Å². The van der Waals surface area contributed by atoms with Crippen LogP contribution in [0.25, 0.3) is 11.1 Å². The van der Waals surface area contributed by atoms with Crippen molar-refractivity contribution in [1.29, 1.82) is 0 Å². The lowest BCUT2D eigenvalue weighted by molar-refractivity contribution is 0.475. The molecule has 0 saturated carbocycles. The standard InChI is InChI=1S/C12H9IO/c13-12-4-2-1-3-11(12)9-5-7-10(14)8-6-9/h1-8,14H. The minimum Gasteiger partial charge on any atom is -0.508 e. The molecule has 1 nitrogen and oxygen atoms in total. The molecular weight excluding hydrogens is 287 g/mol. The molecule has 0 fully saturated rings. The van der Waals surface area contributed by atoms with Gasteiger partial charge in [0.05, 0.1) is 0 Å². The Hall–Kier alpha value is -1.03. The van der Waals surface area contributed by atoms with E-state index >= 15 is 0 Å². The first-order valence-electron chi connectivity index (χ1n) is 4.31. The van der Waals surface area contributed by atoms with Crippen molar-refractivity contribution in [1.82, 2.24) is 0 Å². The average molecular weight is 296 g/mol. The second-order valence-corrected chi connectivity index (χ2v) is 4.19. The highest BCUT2D eigenvalue weighted by molar-refractivity contribution is 14.1. The molecular formula is C12H9IO. The molecule has 0 unspecified atom stereocenters. The van der Waals surface area contributed by atoms with Crippen LogP contribution in [0.3, 0.4) is 0 Å². The maximum absolute atomic E-state index is 9.17. The lowest BCUT2D eigenvalue weighted by Crippen LogP contribution is -1.80. The van der Waals surface area contributed by atoms with Gasteiger partial charge in [0.1, 0.15) is 5.75 Å². The van der Waals surface area contributed by atoms with E-state index in [1.165, 1.54) is 9.13 Å². The lowest BCUT2D eigenvalue weighted by Gasteiger charge is -2.03. The number of halogens is 1. The smallest absolute Gasteiger partial charge is 0.115 e. The molecule has 2 rings (SSSR count). The second kappa shape index (κ2) is 4.00. The van der Waals surface area contributed by atoms with Crippen molar-refractivity contribution >= 4 is 22.6 Å². The van der Waals surface area contributed by atoms with E-state index in [-0.39, 0.29) is 0 Å². The summed E-state index contributed by atoms with van der Waals surface area (Å²) in [5.74, 6) is 0.305. The molecule has 70 valence electrons. The van der Waals surface area contributed by atoms with E-state index in [0.29, 0.717) is 5.75 Å². The largest absolute Gasteiger partial charge is 0.508 e. The van der Waals surface area contributed by atoms with Crippen molar-refractivity contribution in [3.63, 3.8) is 0 Å². The summed E-state index contributed by atoms with van der Waals surface area (Å²) < 4.78 is 1.22. The fourth-order valence-electron chi connectivity index (χ4n) is 1.34. The Morgan fingerprint density at radius 2 is 1.50 bits per heavy atom. The van der Waals surface area contributed by atoms with Crippen LogP contribution in [0.5, 0.6) is 5.75 Å². The van der Waals surface area contributed by atoms with Crippen molar-refractivity contribution in [2.45, 2.75) is 0 Å². The van der Waals surface area contributed by atoms with Crippen LogP contribution < -0.4 is 0 Å². The molecule has 0 aliphatic heterocycles. The van der Waals surface area contributed by atoms with E-state index in [0.717, 1.165) is 5.56 Å². The molecule has 2 heteroatoms. The van der Waals surface area contributed by atoms with Crippen LogP contribution in [0.2, 0.25) is 0 Å². The SMILES string of the molecule is Oc1ccc(-c2ccccc2I)cc1. The molecule has 0 aromatic heterocycles. The van der Waals surface area contributed by atoms with E-state index in [4.69, 9.17) is 0 Å². The first kappa shape index (κ1) is 9.52. The summed E-state index contributed by atoms with van der Waals surface area (Å²) in [4.78, 5) is 0. The highest BCUT2D eigenvalue weighted by Crippen LogP contribution is 2.26. The average Bonchev–Trinajstić information content (AvgIpc) is 2.20. The van der Waals surface area contributed by atoms with Crippen LogP contribution in [-0.2, 0) is 0 Å². The molecule has 0 aliphatic carbocycles. The van der Waals surface area contributed by atoms with Crippen molar-refractivity contribution in [2.24, 2.45) is 0 Å². The number of phenolic OH excluding ortho intramolecular Hbond substituents is 1. The van der Waals surface area contributed by atoms with Crippen LogP contribution in [0.4, 0.5) is 0 Å². The summed E-state index contributed by atoms with van der Waals surface area (Å²) >= 11 is 2.31. The molecule has 0 bridgehead atoms. The third-order valence-corrected chi connectivity index (χ3v) is 2.99. The van der Waals surface area contributed by atoms with Gasteiger partial charge in [-0.3, -0.25) is 0 Å². The molecule has 0 amide bonds. The van der Waals surface area contributed by atoms with E-state index in [1.54, 1.807) is 12.1 Å². The number of benzene rings is 2. The Morgan fingerprint density at radius 1 is 0.857 bits per heavy atom. The van der Waals surface area contributed by atoms with E-state index in [1.807, 2.05) is 24.3 Å². The topological polar surface area (TPSA) is 20.2 Å². The molecule has 2 aromatic rings. The molecule has 0 atom stereocenters. The van der Waals surface area contributed by atoms with Gasteiger partial charge in [0.15, 0.2) is 0 Å². The predicted molar refractivity (Wildman–Crippen MR) is 66.3 cm³/mol. The number of rotatable bonds is 1. The Bertz CT molecular complexity index is 434.